The average molecular weight is 421 g/mol. The van der Waals surface area contributed by atoms with Crippen LogP contribution in [0.15, 0.2) is 30.3 Å². The van der Waals surface area contributed by atoms with Crippen molar-refractivity contribution in [2.24, 2.45) is 11.8 Å². The molecular formula is C24H24ClF3O. The Hall–Kier alpha value is -2.12. The van der Waals surface area contributed by atoms with Gasteiger partial charge in [0.15, 0.2) is 0 Å². The zero-order valence-electron chi connectivity index (χ0n) is 16.4. The van der Waals surface area contributed by atoms with Gasteiger partial charge in [0, 0.05) is 17.7 Å². The molecule has 0 heterocycles. The van der Waals surface area contributed by atoms with E-state index in [-0.39, 0.29) is 21.9 Å². The van der Waals surface area contributed by atoms with Gasteiger partial charge in [0.25, 0.3) is 0 Å². The lowest BCUT2D eigenvalue weighted by Crippen LogP contribution is -2.20. The maximum absolute atomic E-state index is 14.3. The van der Waals surface area contributed by atoms with Crippen LogP contribution in [0.1, 0.15) is 56.6 Å². The summed E-state index contributed by atoms with van der Waals surface area (Å²) in [7, 11) is 0. The smallest absolute Gasteiger partial charge is 0.145 e. The summed E-state index contributed by atoms with van der Waals surface area (Å²) in [6, 6.07) is 6.26. The van der Waals surface area contributed by atoms with Crippen LogP contribution in [0, 0.1) is 41.1 Å². The maximum Gasteiger partial charge on any atom is 0.145 e. The van der Waals surface area contributed by atoms with Crippen LogP contribution in [-0.2, 0) is 0 Å². The molecule has 1 aliphatic carbocycles. The Morgan fingerprint density at radius 1 is 0.931 bits per heavy atom. The molecule has 0 bridgehead atoms. The standard InChI is InChI=1S/C24H24ClF3O/c1-2-3-16-4-6-18(7-5-16)15-29-19-13-22(26)20(23(27)14-19)10-8-17-9-11-21(25)24(28)12-17/h9,11-14,16,18H,2-7,15H2,1H3/t16-,18-. The molecular weight excluding hydrogens is 397 g/mol. The van der Waals surface area contributed by atoms with E-state index >= 15 is 0 Å². The summed E-state index contributed by atoms with van der Waals surface area (Å²) in [6.45, 7) is 2.67. The number of ether oxygens (including phenoxy) is 1. The van der Waals surface area contributed by atoms with Crippen LogP contribution in [0.25, 0.3) is 0 Å². The van der Waals surface area contributed by atoms with Gasteiger partial charge in [0.2, 0.25) is 0 Å². The van der Waals surface area contributed by atoms with Gasteiger partial charge in [-0.3, -0.25) is 0 Å². The van der Waals surface area contributed by atoms with Crippen LogP contribution in [0.4, 0.5) is 13.2 Å². The summed E-state index contributed by atoms with van der Waals surface area (Å²) in [5.74, 6) is 4.15. The Balaban J connectivity index is 1.62. The van der Waals surface area contributed by atoms with Gasteiger partial charge in [-0.2, -0.15) is 0 Å². The minimum atomic E-state index is -0.798. The Labute approximate surface area is 175 Å². The fourth-order valence-electron chi connectivity index (χ4n) is 3.77. The third-order valence-electron chi connectivity index (χ3n) is 5.42. The summed E-state index contributed by atoms with van der Waals surface area (Å²) < 4.78 is 47.8. The molecule has 0 unspecified atom stereocenters. The monoisotopic (exact) mass is 420 g/mol. The number of hydrogen-bond donors (Lipinski definition) is 0. The molecule has 0 saturated heterocycles. The van der Waals surface area contributed by atoms with Gasteiger partial charge in [0.1, 0.15) is 23.2 Å². The van der Waals surface area contributed by atoms with E-state index in [1.807, 2.05) is 0 Å². The molecule has 3 rings (SSSR count). The molecule has 1 nitrogen and oxygen atoms in total. The molecule has 0 atom stereocenters. The average Bonchev–Trinajstić information content (AvgIpc) is 2.70. The lowest BCUT2D eigenvalue weighted by atomic mass is 9.80. The molecule has 2 aromatic carbocycles. The van der Waals surface area contributed by atoms with Crippen molar-refractivity contribution in [2.45, 2.75) is 45.4 Å². The molecule has 29 heavy (non-hydrogen) atoms. The Bertz CT molecular complexity index is 885. The highest BCUT2D eigenvalue weighted by Gasteiger charge is 2.21. The van der Waals surface area contributed by atoms with Crippen molar-refractivity contribution in [2.75, 3.05) is 6.61 Å². The molecule has 0 amide bonds. The predicted octanol–water partition coefficient (Wildman–Crippen LogP) is 7.14. The third kappa shape index (κ3) is 5.93. The first-order valence-corrected chi connectivity index (χ1v) is 10.4. The van der Waals surface area contributed by atoms with Crippen LogP contribution in [0.2, 0.25) is 5.02 Å². The van der Waals surface area contributed by atoms with Gasteiger partial charge in [-0.1, -0.05) is 56.0 Å². The van der Waals surface area contributed by atoms with E-state index in [2.05, 4.69) is 18.8 Å². The van der Waals surface area contributed by atoms with Crippen molar-refractivity contribution >= 4 is 11.6 Å². The fraction of sp³-hybridized carbons (Fsp3) is 0.417. The summed E-state index contributed by atoms with van der Waals surface area (Å²) in [5, 5.41) is -0.0340. The lowest BCUT2D eigenvalue weighted by molar-refractivity contribution is 0.178. The molecule has 0 spiro atoms. The molecule has 0 aromatic heterocycles. The van der Waals surface area contributed by atoms with E-state index in [9.17, 15) is 13.2 Å². The minimum absolute atomic E-state index is 0.0340. The van der Waals surface area contributed by atoms with Crippen LogP contribution in [-0.4, -0.2) is 6.61 Å². The van der Waals surface area contributed by atoms with Crippen LogP contribution >= 0.6 is 11.6 Å². The van der Waals surface area contributed by atoms with Gasteiger partial charge in [-0.25, -0.2) is 13.2 Å². The normalized spacial score (nSPS) is 18.8. The molecule has 154 valence electrons. The fourth-order valence-corrected chi connectivity index (χ4v) is 3.89. The van der Waals surface area contributed by atoms with E-state index in [0.717, 1.165) is 37.0 Å². The van der Waals surface area contributed by atoms with E-state index in [1.165, 1.54) is 37.8 Å². The molecule has 2 aromatic rings. The van der Waals surface area contributed by atoms with E-state index in [4.69, 9.17) is 16.3 Å². The van der Waals surface area contributed by atoms with Crippen molar-refractivity contribution in [1.29, 1.82) is 0 Å². The zero-order chi connectivity index (χ0) is 20.8. The molecule has 0 aliphatic heterocycles. The minimum Gasteiger partial charge on any atom is -0.493 e. The second kappa shape index (κ2) is 10.1. The molecule has 1 fully saturated rings. The Kier molecular flexibility index (Phi) is 7.50. The van der Waals surface area contributed by atoms with Gasteiger partial charge >= 0.3 is 0 Å². The number of benzene rings is 2. The SMILES string of the molecule is CCC[C@H]1CC[C@H](COc2cc(F)c(C#Cc3ccc(Cl)c(F)c3)c(F)c2)CC1. The highest BCUT2D eigenvalue weighted by molar-refractivity contribution is 6.30. The maximum atomic E-state index is 14.3. The van der Waals surface area contributed by atoms with E-state index in [1.54, 1.807) is 0 Å². The topological polar surface area (TPSA) is 9.23 Å². The van der Waals surface area contributed by atoms with Gasteiger partial charge < -0.3 is 4.74 Å². The third-order valence-corrected chi connectivity index (χ3v) is 5.72. The highest BCUT2D eigenvalue weighted by Crippen LogP contribution is 2.32. The summed E-state index contributed by atoms with van der Waals surface area (Å²) in [5.41, 5.74) is -0.0857. The second-order valence-electron chi connectivity index (χ2n) is 7.63. The first-order chi connectivity index (χ1) is 14.0. The van der Waals surface area contributed by atoms with Crippen LogP contribution in [0.5, 0.6) is 5.75 Å². The molecule has 0 radical (unpaired) electrons. The van der Waals surface area contributed by atoms with E-state index < -0.39 is 17.5 Å². The van der Waals surface area contributed by atoms with Gasteiger partial charge in [-0.05, 0) is 42.9 Å². The van der Waals surface area contributed by atoms with Crippen LogP contribution in [0.3, 0.4) is 0 Å². The second-order valence-corrected chi connectivity index (χ2v) is 8.03. The van der Waals surface area contributed by atoms with Crippen molar-refractivity contribution in [3.05, 3.63) is 63.9 Å². The largest absolute Gasteiger partial charge is 0.493 e. The van der Waals surface area contributed by atoms with E-state index in [0.29, 0.717) is 12.5 Å². The molecule has 1 aliphatic rings. The van der Waals surface area contributed by atoms with Crippen LogP contribution < -0.4 is 4.74 Å². The summed E-state index contributed by atoms with van der Waals surface area (Å²) in [6.07, 6.45) is 7.07. The first-order valence-electron chi connectivity index (χ1n) is 10.0. The Morgan fingerprint density at radius 3 is 2.21 bits per heavy atom. The predicted molar refractivity (Wildman–Crippen MR) is 110 cm³/mol. The lowest BCUT2D eigenvalue weighted by Gasteiger charge is -2.28. The molecule has 0 N–H and O–H groups in total. The van der Waals surface area contributed by atoms with Crippen molar-refractivity contribution in [3.8, 4) is 17.6 Å². The zero-order valence-corrected chi connectivity index (χ0v) is 17.2. The van der Waals surface area contributed by atoms with Gasteiger partial charge in [0.05, 0.1) is 17.2 Å². The summed E-state index contributed by atoms with van der Waals surface area (Å²) in [4.78, 5) is 0. The van der Waals surface area contributed by atoms with Crippen molar-refractivity contribution < 1.29 is 17.9 Å². The Morgan fingerprint density at radius 2 is 1.59 bits per heavy atom. The number of halogens is 4. The highest BCUT2D eigenvalue weighted by atomic mass is 35.5. The summed E-state index contributed by atoms with van der Waals surface area (Å²) >= 11 is 5.62. The first kappa shape index (κ1) is 21.6. The quantitative estimate of drug-likeness (QED) is 0.467. The molecule has 5 heteroatoms. The van der Waals surface area contributed by atoms with Gasteiger partial charge in [-0.15, -0.1) is 0 Å². The number of rotatable bonds is 5. The van der Waals surface area contributed by atoms with Crippen molar-refractivity contribution in [3.63, 3.8) is 0 Å². The number of hydrogen-bond acceptors (Lipinski definition) is 1. The molecule has 1 saturated carbocycles. The van der Waals surface area contributed by atoms with Crippen molar-refractivity contribution in [1.82, 2.24) is 0 Å².